The monoisotopic (exact) mass is 738 g/mol. The predicted molar refractivity (Wildman–Crippen MR) is 193 cm³/mol. The summed E-state index contributed by atoms with van der Waals surface area (Å²) in [6, 6.07) is 12.6. The molecule has 4 amide bonds. The molecule has 2 aromatic heterocycles. The number of carbonyl (C=O) groups is 4. The smallest absolute Gasteiger partial charge is 0.405 e. The van der Waals surface area contributed by atoms with Gasteiger partial charge < -0.3 is 50.8 Å². The Labute approximate surface area is 309 Å². The number of nitrogens with one attached hydrogen (secondary N) is 4. The summed E-state index contributed by atoms with van der Waals surface area (Å²) in [5.74, 6) is -0.0361. The third-order valence-electron chi connectivity index (χ3n) is 10.9. The Morgan fingerprint density at radius 1 is 0.667 bits per heavy atom. The maximum atomic E-state index is 13.7. The van der Waals surface area contributed by atoms with Crippen molar-refractivity contribution < 1.29 is 39.6 Å². The molecule has 2 saturated heterocycles. The summed E-state index contributed by atoms with van der Waals surface area (Å²) >= 11 is 0. The molecule has 4 aromatic rings. The van der Waals surface area contributed by atoms with Crippen molar-refractivity contribution in [3.8, 4) is 33.6 Å². The molecule has 2 saturated carbocycles. The second kappa shape index (κ2) is 14.2. The lowest BCUT2D eigenvalue weighted by Gasteiger charge is -2.27. The molecule has 54 heavy (non-hydrogen) atoms. The Balaban J connectivity index is 1.14. The van der Waals surface area contributed by atoms with Crippen molar-refractivity contribution in [2.24, 2.45) is 11.8 Å². The lowest BCUT2D eigenvalue weighted by Crippen LogP contribution is -2.49. The van der Waals surface area contributed by atoms with Crippen LogP contribution in [0.1, 0.15) is 62.3 Å². The fourth-order valence-corrected chi connectivity index (χ4v) is 8.08. The number of aromatic amines is 2. The number of nitrogens with zero attached hydrogens (tertiary/aromatic N) is 4. The third kappa shape index (κ3) is 7.01. The highest BCUT2D eigenvalue weighted by Crippen LogP contribution is 2.43. The van der Waals surface area contributed by atoms with E-state index in [0.29, 0.717) is 23.0 Å². The van der Waals surface area contributed by atoms with Crippen molar-refractivity contribution >= 4 is 24.0 Å². The van der Waals surface area contributed by atoms with Crippen LogP contribution >= 0.6 is 0 Å². The molecule has 16 nitrogen and oxygen atoms in total. The van der Waals surface area contributed by atoms with E-state index >= 15 is 0 Å². The van der Waals surface area contributed by atoms with Crippen LogP contribution in [0.5, 0.6) is 0 Å². The molecule has 0 radical (unpaired) electrons. The van der Waals surface area contributed by atoms with Crippen molar-refractivity contribution in [1.29, 1.82) is 0 Å². The van der Waals surface area contributed by atoms with E-state index in [-0.39, 0.29) is 49.6 Å². The normalized spacial score (nSPS) is 23.6. The van der Waals surface area contributed by atoms with E-state index in [9.17, 15) is 39.6 Å². The summed E-state index contributed by atoms with van der Waals surface area (Å²) in [5.41, 5.74) is 4.59. The second-order valence-electron chi connectivity index (χ2n) is 14.8. The first-order chi connectivity index (χ1) is 26.0. The van der Waals surface area contributed by atoms with Crippen LogP contribution in [0.25, 0.3) is 33.6 Å². The van der Waals surface area contributed by atoms with Gasteiger partial charge in [0.2, 0.25) is 11.8 Å². The fourth-order valence-electron chi connectivity index (χ4n) is 8.08. The standard InChI is InChI=1S/C38H42N8O8/c47-22-13-28(45(17-22)35(49)31(20-9-10-20)43-37(51)52)33-39-15-26(41-33)25-8-4-7-24(19-5-2-1-3-6-19)30(25)27-16-40-34(42-27)29-14-23(48)18-46(29)36(50)32(21-11-12-21)44-38(53)54/h1-8,15-16,20-23,28-29,31-32,43-44,47-48H,9-14,17-18H2,(H,39,41)(H,40,42)(H,51,52)(H,53,54)/t22-,23-,28+,29+,31+,32+/m1/s1. The van der Waals surface area contributed by atoms with Gasteiger partial charge in [-0.2, -0.15) is 0 Å². The van der Waals surface area contributed by atoms with E-state index in [1.807, 2.05) is 48.5 Å². The van der Waals surface area contributed by atoms with Gasteiger partial charge in [0, 0.05) is 37.1 Å². The van der Waals surface area contributed by atoms with Gasteiger partial charge in [0.25, 0.3) is 0 Å². The van der Waals surface area contributed by atoms with Crippen molar-refractivity contribution in [2.75, 3.05) is 13.1 Å². The molecule has 282 valence electrons. The van der Waals surface area contributed by atoms with Crippen molar-refractivity contribution in [3.05, 3.63) is 72.6 Å². The molecule has 0 spiro atoms. The maximum absolute atomic E-state index is 13.7. The summed E-state index contributed by atoms with van der Waals surface area (Å²) < 4.78 is 0. The van der Waals surface area contributed by atoms with E-state index in [1.54, 1.807) is 12.4 Å². The van der Waals surface area contributed by atoms with Gasteiger partial charge in [-0.3, -0.25) is 9.59 Å². The molecular weight excluding hydrogens is 696 g/mol. The average Bonchev–Trinajstić information content (AvgIpc) is 3.97. The number of hydrogen-bond acceptors (Lipinski definition) is 8. The first kappa shape index (κ1) is 35.3. The molecule has 2 aliphatic heterocycles. The van der Waals surface area contributed by atoms with Gasteiger partial charge in [-0.25, -0.2) is 19.6 Å². The van der Waals surface area contributed by atoms with Gasteiger partial charge in [-0.15, -0.1) is 0 Å². The van der Waals surface area contributed by atoms with Gasteiger partial charge in [0.05, 0.1) is 48.1 Å². The third-order valence-corrected chi connectivity index (χ3v) is 10.9. The van der Waals surface area contributed by atoms with Crippen molar-refractivity contribution in [2.45, 2.75) is 74.9 Å². The number of carbonyl (C=O) groups excluding carboxylic acids is 2. The molecule has 0 bridgehead atoms. The molecule has 2 aromatic carbocycles. The molecule has 4 aliphatic rings. The van der Waals surface area contributed by atoms with Crippen LogP contribution in [0.15, 0.2) is 60.9 Å². The highest BCUT2D eigenvalue weighted by atomic mass is 16.4. The minimum atomic E-state index is -1.27. The van der Waals surface area contributed by atoms with E-state index in [1.165, 1.54) is 9.80 Å². The van der Waals surface area contributed by atoms with E-state index in [4.69, 9.17) is 4.98 Å². The summed E-state index contributed by atoms with van der Waals surface area (Å²) in [4.78, 5) is 69.7. The van der Waals surface area contributed by atoms with Crippen LogP contribution in [0.2, 0.25) is 0 Å². The first-order valence-electron chi connectivity index (χ1n) is 18.3. The number of imidazole rings is 2. The number of benzene rings is 2. The molecular formula is C38H42N8O8. The SMILES string of the molecule is O=C(O)N[C@H](C(=O)N1C[C@H](O)C[C@H]1c1ncc(-c2cccc(-c3ccccc3)c2-c2cnc([C@@H]3C[C@@H](O)CN3C(=O)[C@@H](NC(=O)O)C3CC3)[nH]2)[nH]1)C1CC1. The second-order valence-corrected chi connectivity index (χ2v) is 14.8. The minimum absolute atomic E-state index is 0.0516. The first-order valence-corrected chi connectivity index (χ1v) is 18.3. The van der Waals surface area contributed by atoms with Crippen LogP contribution in [-0.4, -0.2) is 112 Å². The Bertz CT molecular complexity index is 2060. The molecule has 0 unspecified atom stereocenters. The number of rotatable bonds is 11. The van der Waals surface area contributed by atoms with Crippen LogP contribution in [-0.2, 0) is 9.59 Å². The molecule has 16 heteroatoms. The summed E-state index contributed by atoms with van der Waals surface area (Å²) in [5, 5.41) is 45.0. The number of likely N-dealkylation sites (tertiary alicyclic amines) is 2. The fraction of sp³-hybridized carbons (Fsp3) is 0.421. The number of amides is 4. The Kier molecular flexibility index (Phi) is 9.31. The lowest BCUT2D eigenvalue weighted by molar-refractivity contribution is -0.136. The minimum Gasteiger partial charge on any atom is -0.465 e. The predicted octanol–water partition coefficient (Wildman–Crippen LogP) is 3.49. The Hall–Kier alpha value is -5.74. The summed E-state index contributed by atoms with van der Waals surface area (Å²) in [6.45, 7) is 0.106. The van der Waals surface area contributed by atoms with Gasteiger partial charge in [-0.1, -0.05) is 48.5 Å². The van der Waals surface area contributed by atoms with E-state index in [2.05, 4.69) is 25.6 Å². The molecule has 6 atom stereocenters. The number of aliphatic hydroxyl groups excluding tert-OH is 2. The molecule has 4 heterocycles. The number of aliphatic hydroxyl groups is 2. The van der Waals surface area contributed by atoms with Crippen LogP contribution < -0.4 is 10.6 Å². The number of H-pyrrole nitrogens is 2. The maximum Gasteiger partial charge on any atom is 0.405 e. The van der Waals surface area contributed by atoms with E-state index in [0.717, 1.165) is 47.9 Å². The van der Waals surface area contributed by atoms with Gasteiger partial charge in [0.15, 0.2) is 0 Å². The summed E-state index contributed by atoms with van der Waals surface area (Å²) in [6.07, 6.45) is 2.63. The molecule has 8 N–H and O–H groups in total. The van der Waals surface area contributed by atoms with E-state index < -0.39 is 48.6 Å². The molecule has 4 fully saturated rings. The Morgan fingerprint density at radius 3 is 1.65 bits per heavy atom. The molecule has 8 rings (SSSR count). The average molecular weight is 739 g/mol. The summed E-state index contributed by atoms with van der Waals surface area (Å²) in [7, 11) is 0. The number of carboxylic acid groups (broad SMARTS) is 2. The zero-order valence-corrected chi connectivity index (χ0v) is 29.3. The number of hydrogen-bond donors (Lipinski definition) is 8. The largest absolute Gasteiger partial charge is 0.465 e. The van der Waals surface area contributed by atoms with Crippen molar-refractivity contribution in [3.63, 3.8) is 0 Å². The zero-order valence-electron chi connectivity index (χ0n) is 29.3. The number of aromatic nitrogens is 4. The quantitative estimate of drug-likeness (QED) is 0.111. The van der Waals surface area contributed by atoms with Crippen LogP contribution in [0, 0.1) is 11.8 Å². The van der Waals surface area contributed by atoms with Gasteiger partial charge >= 0.3 is 12.2 Å². The Morgan fingerprint density at radius 2 is 1.15 bits per heavy atom. The van der Waals surface area contributed by atoms with Crippen LogP contribution in [0.4, 0.5) is 9.59 Å². The highest BCUT2D eigenvalue weighted by molar-refractivity contribution is 5.93. The van der Waals surface area contributed by atoms with Gasteiger partial charge in [0.1, 0.15) is 23.7 Å². The lowest BCUT2D eigenvalue weighted by atomic mass is 9.92. The number of β-amino-alcohol motifs (C(OH)–C–C–N with tert-alkyl or cyclic N) is 2. The van der Waals surface area contributed by atoms with Gasteiger partial charge in [-0.05, 0) is 48.6 Å². The topological polar surface area (TPSA) is 237 Å². The van der Waals surface area contributed by atoms with Crippen molar-refractivity contribution in [1.82, 2.24) is 40.4 Å². The van der Waals surface area contributed by atoms with Crippen LogP contribution in [0.3, 0.4) is 0 Å². The zero-order chi connectivity index (χ0) is 37.7. The molecule has 2 aliphatic carbocycles. The highest BCUT2D eigenvalue weighted by Gasteiger charge is 2.46.